The average molecular weight is 300 g/mol. The van der Waals surface area contributed by atoms with Crippen LogP contribution in [0.25, 0.3) is 11.1 Å². The van der Waals surface area contributed by atoms with Crippen LogP contribution in [0.3, 0.4) is 0 Å². The Morgan fingerprint density at radius 1 is 1.05 bits per heavy atom. The van der Waals surface area contributed by atoms with Crippen molar-refractivity contribution in [2.24, 2.45) is 0 Å². The molecule has 0 bridgehead atoms. The van der Waals surface area contributed by atoms with Gasteiger partial charge in [-0.2, -0.15) is 0 Å². The van der Waals surface area contributed by atoms with E-state index in [4.69, 9.17) is 0 Å². The van der Waals surface area contributed by atoms with Crippen molar-refractivity contribution in [3.63, 3.8) is 0 Å². The number of hydrogen-bond acceptors (Lipinski definition) is 3. The minimum absolute atomic E-state index is 0.178. The molecule has 2 aromatic carbocycles. The Morgan fingerprint density at radius 2 is 1.77 bits per heavy atom. The molecule has 0 atom stereocenters. The van der Waals surface area contributed by atoms with E-state index in [9.17, 15) is 14.0 Å². The molecule has 2 aromatic rings. The van der Waals surface area contributed by atoms with Gasteiger partial charge >= 0.3 is 5.97 Å². The van der Waals surface area contributed by atoms with Crippen LogP contribution in [0.15, 0.2) is 48.5 Å². The molecule has 0 saturated heterocycles. The Bertz CT molecular complexity index is 665. The third kappa shape index (κ3) is 4.01. The van der Waals surface area contributed by atoms with Gasteiger partial charge in [0.15, 0.2) is 5.78 Å². The Hall–Kier alpha value is -2.49. The van der Waals surface area contributed by atoms with Gasteiger partial charge in [0, 0.05) is 24.0 Å². The topological polar surface area (TPSA) is 43.4 Å². The first-order valence-corrected chi connectivity index (χ1v) is 7.07. The standard InChI is InChI=1S/C18H17FO3/c1-22-18(21)9-5-8-17(20)14-10-11-15(16(19)12-14)13-6-3-2-4-7-13/h2-4,6-7,10-12H,5,8-9H2,1H3. The molecule has 0 radical (unpaired) electrons. The van der Waals surface area contributed by atoms with Crippen LogP contribution in [0.5, 0.6) is 0 Å². The second-order valence-electron chi connectivity index (χ2n) is 4.91. The predicted molar refractivity (Wildman–Crippen MR) is 82.0 cm³/mol. The molecule has 0 fully saturated rings. The first-order chi connectivity index (χ1) is 10.6. The summed E-state index contributed by atoms with van der Waals surface area (Å²) in [4.78, 5) is 23.0. The number of ketones is 1. The summed E-state index contributed by atoms with van der Waals surface area (Å²) in [7, 11) is 1.31. The van der Waals surface area contributed by atoms with E-state index in [0.717, 1.165) is 5.56 Å². The number of halogens is 1. The summed E-state index contributed by atoms with van der Waals surface area (Å²) >= 11 is 0. The molecule has 3 nitrogen and oxygen atoms in total. The van der Waals surface area contributed by atoms with E-state index in [1.165, 1.54) is 13.2 Å². The highest BCUT2D eigenvalue weighted by atomic mass is 19.1. The van der Waals surface area contributed by atoms with E-state index >= 15 is 0 Å². The normalized spacial score (nSPS) is 10.3. The number of rotatable bonds is 6. The molecule has 2 rings (SSSR count). The number of Topliss-reactive ketones (excluding diaryl/α,β-unsaturated/α-hetero) is 1. The molecule has 0 unspecified atom stereocenters. The van der Waals surface area contributed by atoms with Crippen LogP contribution in [0.1, 0.15) is 29.6 Å². The van der Waals surface area contributed by atoms with Crippen molar-refractivity contribution in [1.82, 2.24) is 0 Å². The van der Waals surface area contributed by atoms with E-state index in [0.29, 0.717) is 17.5 Å². The third-order valence-electron chi connectivity index (χ3n) is 3.39. The van der Waals surface area contributed by atoms with Crippen LogP contribution >= 0.6 is 0 Å². The largest absolute Gasteiger partial charge is 0.469 e. The van der Waals surface area contributed by atoms with Gasteiger partial charge in [0.1, 0.15) is 5.82 Å². The maximum absolute atomic E-state index is 14.2. The van der Waals surface area contributed by atoms with E-state index in [1.54, 1.807) is 12.1 Å². The SMILES string of the molecule is COC(=O)CCCC(=O)c1ccc(-c2ccccc2)c(F)c1. The van der Waals surface area contributed by atoms with E-state index < -0.39 is 5.82 Å². The van der Waals surface area contributed by atoms with Crippen LogP contribution in [0.4, 0.5) is 4.39 Å². The Morgan fingerprint density at radius 3 is 2.41 bits per heavy atom. The van der Waals surface area contributed by atoms with Crippen molar-refractivity contribution in [1.29, 1.82) is 0 Å². The molecule has 4 heteroatoms. The average Bonchev–Trinajstić information content (AvgIpc) is 2.55. The van der Waals surface area contributed by atoms with E-state index in [1.807, 2.05) is 30.3 Å². The smallest absolute Gasteiger partial charge is 0.305 e. The molecule has 0 amide bonds. The van der Waals surface area contributed by atoms with Crippen molar-refractivity contribution >= 4 is 11.8 Å². The number of carbonyl (C=O) groups excluding carboxylic acids is 2. The summed E-state index contributed by atoms with van der Waals surface area (Å²) in [6.45, 7) is 0. The maximum Gasteiger partial charge on any atom is 0.305 e. The second kappa shape index (κ2) is 7.50. The Balaban J connectivity index is 2.06. The number of benzene rings is 2. The van der Waals surface area contributed by atoms with Crippen LogP contribution in [-0.2, 0) is 9.53 Å². The molecule has 114 valence electrons. The van der Waals surface area contributed by atoms with Crippen LogP contribution in [0.2, 0.25) is 0 Å². The van der Waals surface area contributed by atoms with Crippen LogP contribution in [0, 0.1) is 5.82 Å². The highest BCUT2D eigenvalue weighted by Crippen LogP contribution is 2.24. The van der Waals surface area contributed by atoms with Gasteiger partial charge in [0.25, 0.3) is 0 Å². The van der Waals surface area contributed by atoms with Crippen molar-refractivity contribution in [3.05, 3.63) is 59.9 Å². The van der Waals surface area contributed by atoms with Crippen molar-refractivity contribution in [2.75, 3.05) is 7.11 Å². The van der Waals surface area contributed by atoms with Crippen molar-refractivity contribution < 1.29 is 18.7 Å². The molecular formula is C18H17FO3. The maximum atomic E-state index is 14.2. The van der Waals surface area contributed by atoms with Crippen LogP contribution in [-0.4, -0.2) is 18.9 Å². The Labute approximate surface area is 128 Å². The van der Waals surface area contributed by atoms with Gasteiger partial charge in [-0.25, -0.2) is 4.39 Å². The first-order valence-electron chi connectivity index (χ1n) is 7.07. The van der Waals surface area contributed by atoms with E-state index in [-0.39, 0.29) is 24.6 Å². The molecule has 0 spiro atoms. The zero-order valence-corrected chi connectivity index (χ0v) is 12.3. The lowest BCUT2D eigenvalue weighted by molar-refractivity contribution is -0.140. The lowest BCUT2D eigenvalue weighted by atomic mass is 10.00. The third-order valence-corrected chi connectivity index (χ3v) is 3.39. The summed E-state index contributed by atoms with van der Waals surface area (Å²) in [5.41, 5.74) is 1.55. The fraction of sp³-hybridized carbons (Fsp3) is 0.222. The zero-order chi connectivity index (χ0) is 15.9. The summed E-state index contributed by atoms with van der Waals surface area (Å²) < 4.78 is 18.7. The molecule has 0 aliphatic carbocycles. The molecule has 0 aliphatic heterocycles. The fourth-order valence-electron chi connectivity index (χ4n) is 2.18. The molecule has 0 aliphatic rings. The zero-order valence-electron chi connectivity index (χ0n) is 12.3. The van der Waals surface area contributed by atoms with Gasteiger partial charge in [-0.15, -0.1) is 0 Å². The predicted octanol–water partition coefficient (Wildman–Crippen LogP) is 4.02. The number of ether oxygens (including phenoxy) is 1. The summed E-state index contributed by atoms with van der Waals surface area (Å²) in [5, 5.41) is 0. The first kappa shape index (κ1) is 15.9. The van der Waals surface area contributed by atoms with Gasteiger partial charge in [0.05, 0.1) is 7.11 Å². The lowest BCUT2D eigenvalue weighted by Gasteiger charge is -2.06. The molecule has 0 N–H and O–H groups in total. The van der Waals surface area contributed by atoms with Crippen molar-refractivity contribution in [2.45, 2.75) is 19.3 Å². The Kier molecular flexibility index (Phi) is 5.42. The van der Waals surface area contributed by atoms with Crippen molar-refractivity contribution in [3.8, 4) is 11.1 Å². The fourth-order valence-corrected chi connectivity index (χ4v) is 2.18. The van der Waals surface area contributed by atoms with Crippen LogP contribution < -0.4 is 0 Å². The van der Waals surface area contributed by atoms with Gasteiger partial charge in [-0.05, 0) is 18.1 Å². The summed E-state index contributed by atoms with van der Waals surface area (Å²) in [6.07, 6.45) is 0.777. The summed E-state index contributed by atoms with van der Waals surface area (Å²) in [5.74, 6) is -0.953. The monoisotopic (exact) mass is 300 g/mol. The minimum atomic E-state index is -0.426. The molecule has 0 saturated carbocycles. The summed E-state index contributed by atoms with van der Waals surface area (Å²) in [6, 6.07) is 13.6. The highest BCUT2D eigenvalue weighted by Gasteiger charge is 2.11. The number of esters is 1. The quantitative estimate of drug-likeness (QED) is 0.598. The van der Waals surface area contributed by atoms with Gasteiger partial charge in [0.2, 0.25) is 0 Å². The van der Waals surface area contributed by atoms with Gasteiger partial charge < -0.3 is 4.74 Å². The van der Waals surface area contributed by atoms with Gasteiger partial charge in [-0.3, -0.25) is 9.59 Å². The molecule has 0 heterocycles. The molecular weight excluding hydrogens is 283 g/mol. The van der Waals surface area contributed by atoms with E-state index in [2.05, 4.69) is 4.74 Å². The van der Waals surface area contributed by atoms with Gasteiger partial charge in [-0.1, -0.05) is 42.5 Å². The number of carbonyl (C=O) groups is 2. The number of methoxy groups -OCH3 is 1. The minimum Gasteiger partial charge on any atom is -0.469 e. The molecule has 22 heavy (non-hydrogen) atoms. The highest BCUT2D eigenvalue weighted by molar-refractivity contribution is 5.96. The lowest BCUT2D eigenvalue weighted by Crippen LogP contribution is -2.04. The second-order valence-corrected chi connectivity index (χ2v) is 4.91. The molecule has 0 aromatic heterocycles. The number of hydrogen-bond donors (Lipinski definition) is 0.